The van der Waals surface area contributed by atoms with Gasteiger partial charge in [0.15, 0.2) is 0 Å². The summed E-state index contributed by atoms with van der Waals surface area (Å²) in [5.41, 5.74) is 1.11. The van der Waals surface area contributed by atoms with Gasteiger partial charge in [-0.05, 0) is 11.1 Å². The molecule has 68 valence electrons. The summed E-state index contributed by atoms with van der Waals surface area (Å²) in [6.07, 6.45) is 3.28. The summed E-state index contributed by atoms with van der Waals surface area (Å²) < 4.78 is 38.2. The van der Waals surface area contributed by atoms with Gasteiger partial charge in [0.2, 0.25) is 0 Å². The highest BCUT2D eigenvalue weighted by atomic mass is 13.9. The van der Waals surface area contributed by atoms with Gasteiger partial charge in [-0.15, -0.1) is 0 Å². The molecule has 0 aliphatic rings. The van der Waals surface area contributed by atoms with Crippen molar-refractivity contribution in [2.75, 3.05) is 0 Å². The van der Waals surface area contributed by atoms with Gasteiger partial charge in [-0.3, -0.25) is 0 Å². The largest absolute Gasteiger partial charge is 0.0629 e. The Balaban J connectivity index is 2.50. The van der Waals surface area contributed by atoms with E-state index in [1.165, 1.54) is 0 Å². The molecule has 0 unspecified atom stereocenters. The molecule has 0 atom stereocenters. The first-order valence-corrected chi connectivity index (χ1v) is 4.32. The lowest BCUT2D eigenvalue weighted by Crippen LogP contribution is -1.70. The summed E-state index contributed by atoms with van der Waals surface area (Å²) >= 11 is 0. The Labute approximate surface area is 91.6 Å². The van der Waals surface area contributed by atoms with Gasteiger partial charge in [0.25, 0.3) is 0 Å². The molecule has 0 aliphatic heterocycles. The highest BCUT2D eigenvalue weighted by Crippen LogP contribution is 2.06. The van der Waals surface area contributed by atoms with Crippen LogP contribution in [0.3, 0.4) is 0 Å². The molecule has 0 amide bonds. The molecule has 0 aliphatic carbocycles. The van der Waals surface area contributed by atoms with Crippen LogP contribution in [0.1, 0.15) is 18.0 Å². The molecular weight excluding hydrogens is 168 g/mol. The van der Waals surface area contributed by atoms with Gasteiger partial charge in [0.1, 0.15) is 0 Å². The molecule has 0 saturated heterocycles. The predicted molar refractivity (Wildman–Crippen MR) is 61.8 cm³/mol. The van der Waals surface area contributed by atoms with Gasteiger partial charge in [-0.25, -0.2) is 0 Å². The maximum atomic E-state index is 7.78. The van der Waals surface area contributed by atoms with Crippen LogP contribution in [-0.4, -0.2) is 0 Å². The fourth-order valence-electron chi connectivity index (χ4n) is 1.09. The van der Waals surface area contributed by atoms with Crippen LogP contribution >= 0.6 is 0 Å². The highest BCUT2D eigenvalue weighted by molar-refractivity contribution is 5.69. The normalized spacial score (nSPS) is 15.6. The fourth-order valence-corrected chi connectivity index (χ4v) is 1.09. The second-order valence-corrected chi connectivity index (χ2v) is 2.78. The standard InChI is InChI=1S/C14H12/c1-3-7-13(8-4-1)11-12-14-9-5-2-6-10-14/h1-12H/b12-11+/i1D,3D,4D,7D,8D. The third-order valence-corrected chi connectivity index (χ3v) is 1.76. The predicted octanol–water partition coefficient (Wildman–Crippen LogP) is 3.86. The van der Waals surface area contributed by atoms with Gasteiger partial charge in [0.05, 0.1) is 6.85 Å². The molecule has 0 heteroatoms. The van der Waals surface area contributed by atoms with Crippen LogP contribution in [-0.2, 0) is 0 Å². The van der Waals surface area contributed by atoms with E-state index in [-0.39, 0.29) is 35.8 Å². The van der Waals surface area contributed by atoms with E-state index in [1.54, 1.807) is 12.2 Å². The Kier molecular flexibility index (Phi) is 1.46. The maximum absolute atomic E-state index is 7.78. The van der Waals surface area contributed by atoms with E-state index in [1.807, 2.05) is 30.3 Å². The molecule has 2 aromatic rings. The molecule has 0 aromatic heterocycles. The highest BCUT2D eigenvalue weighted by Gasteiger charge is 1.84. The first kappa shape index (κ1) is 4.61. The molecule has 14 heavy (non-hydrogen) atoms. The quantitative estimate of drug-likeness (QED) is 0.623. The molecule has 0 fully saturated rings. The summed E-state index contributed by atoms with van der Waals surface area (Å²) in [6.45, 7) is 0. The Morgan fingerprint density at radius 2 is 1.43 bits per heavy atom. The minimum atomic E-state index is -0.369. The van der Waals surface area contributed by atoms with Gasteiger partial charge >= 0.3 is 0 Å². The molecule has 0 nitrogen and oxygen atoms in total. The Hall–Kier alpha value is -1.82. The zero-order chi connectivity index (χ0) is 14.0. The second kappa shape index (κ2) is 4.43. The summed E-state index contributed by atoms with van der Waals surface area (Å²) in [6, 6.07) is 8.05. The maximum Gasteiger partial charge on any atom is 0.0629 e. The zero-order valence-electron chi connectivity index (χ0n) is 12.5. The van der Waals surface area contributed by atoms with Crippen LogP contribution in [0.2, 0.25) is 0 Å². The fraction of sp³-hybridized carbons (Fsp3) is 0. The van der Waals surface area contributed by atoms with E-state index in [0.717, 1.165) is 5.56 Å². The van der Waals surface area contributed by atoms with E-state index in [4.69, 9.17) is 6.85 Å². The number of hydrogen-bond acceptors (Lipinski definition) is 0. The summed E-state index contributed by atoms with van der Waals surface area (Å²) in [5.74, 6) is 0. The van der Waals surface area contributed by atoms with E-state index < -0.39 is 0 Å². The molecule has 0 bridgehead atoms. The molecule has 0 spiro atoms. The summed E-state index contributed by atoms with van der Waals surface area (Å²) in [5, 5.41) is 0. The lowest BCUT2D eigenvalue weighted by molar-refractivity contribution is 1.65. The molecule has 0 saturated carbocycles. The first-order valence-electron chi connectivity index (χ1n) is 6.82. The van der Waals surface area contributed by atoms with E-state index in [0.29, 0.717) is 0 Å². The van der Waals surface area contributed by atoms with Gasteiger partial charge in [0, 0.05) is 0 Å². The minimum Gasteiger partial charge on any atom is -0.0622 e. The van der Waals surface area contributed by atoms with Crippen molar-refractivity contribution >= 4 is 12.2 Å². The van der Waals surface area contributed by atoms with E-state index in [2.05, 4.69) is 0 Å². The third kappa shape index (κ3) is 2.33. The van der Waals surface area contributed by atoms with Crippen LogP contribution in [0.25, 0.3) is 12.2 Å². The molecule has 0 radical (unpaired) electrons. The van der Waals surface area contributed by atoms with Gasteiger partial charge in [-0.2, -0.15) is 0 Å². The first-order chi connectivity index (χ1) is 9.02. The second-order valence-electron chi connectivity index (χ2n) is 2.78. The number of hydrogen-bond donors (Lipinski definition) is 0. The van der Waals surface area contributed by atoms with Gasteiger partial charge in [-0.1, -0.05) is 72.7 Å². The Morgan fingerprint density at radius 1 is 0.786 bits per heavy atom. The van der Waals surface area contributed by atoms with Crippen molar-refractivity contribution in [3.8, 4) is 0 Å². The lowest BCUT2D eigenvalue weighted by Gasteiger charge is -1.92. The molecule has 0 heterocycles. The van der Waals surface area contributed by atoms with Crippen LogP contribution in [0.5, 0.6) is 0 Å². The van der Waals surface area contributed by atoms with Crippen molar-refractivity contribution in [1.82, 2.24) is 0 Å². The van der Waals surface area contributed by atoms with Crippen LogP contribution in [0, 0.1) is 0 Å². The topological polar surface area (TPSA) is 0 Å². The Bertz CT molecular complexity index is 603. The summed E-state index contributed by atoms with van der Waals surface area (Å²) in [7, 11) is 0. The van der Waals surface area contributed by atoms with Gasteiger partial charge < -0.3 is 0 Å². The lowest BCUT2D eigenvalue weighted by atomic mass is 10.1. The van der Waals surface area contributed by atoms with Crippen molar-refractivity contribution in [2.24, 2.45) is 0 Å². The van der Waals surface area contributed by atoms with Crippen LogP contribution < -0.4 is 0 Å². The van der Waals surface area contributed by atoms with Crippen LogP contribution in [0.15, 0.2) is 60.5 Å². The van der Waals surface area contributed by atoms with Crippen LogP contribution in [0.4, 0.5) is 0 Å². The average Bonchev–Trinajstić information content (AvgIpc) is 2.44. The zero-order valence-corrected chi connectivity index (χ0v) is 7.54. The van der Waals surface area contributed by atoms with Crippen molar-refractivity contribution in [3.63, 3.8) is 0 Å². The molecule has 2 rings (SSSR count). The van der Waals surface area contributed by atoms with Crippen molar-refractivity contribution in [2.45, 2.75) is 0 Å². The van der Waals surface area contributed by atoms with E-state index >= 15 is 0 Å². The number of benzene rings is 2. The minimum absolute atomic E-state index is 0.182. The molecule has 2 aromatic carbocycles. The molecular formula is C14H12. The monoisotopic (exact) mass is 185 g/mol. The third-order valence-electron chi connectivity index (χ3n) is 1.76. The van der Waals surface area contributed by atoms with Crippen molar-refractivity contribution in [3.05, 3.63) is 71.7 Å². The average molecular weight is 185 g/mol. The molecule has 0 N–H and O–H groups in total. The summed E-state index contributed by atoms with van der Waals surface area (Å²) in [4.78, 5) is 0. The van der Waals surface area contributed by atoms with Crippen molar-refractivity contribution in [1.29, 1.82) is 0 Å². The van der Waals surface area contributed by atoms with Crippen molar-refractivity contribution < 1.29 is 6.85 Å². The Morgan fingerprint density at radius 3 is 2.14 bits per heavy atom. The number of rotatable bonds is 2. The SMILES string of the molecule is [2H]c1c([2H])c([2H])c(/C=C/c2ccccc2)c([2H])c1[2H]. The van der Waals surface area contributed by atoms with E-state index in [9.17, 15) is 0 Å². The smallest absolute Gasteiger partial charge is 0.0622 e.